The molecule has 0 aliphatic rings. The second kappa shape index (κ2) is 7.45. The van der Waals surface area contributed by atoms with E-state index < -0.39 is 0 Å². The van der Waals surface area contributed by atoms with E-state index in [0.717, 1.165) is 28.9 Å². The van der Waals surface area contributed by atoms with Crippen LogP contribution in [0.2, 0.25) is 0 Å². The van der Waals surface area contributed by atoms with Crippen LogP contribution in [0.4, 0.5) is 0 Å². The van der Waals surface area contributed by atoms with Crippen molar-refractivity contribution in [2.45, 2.75) is 38.9 Å². The molecule has 5 heteroatoms. The zero-order chi connectivity index (χ0) is 12.0. The van der Waals surface area contributed by atoms with Crippen LogP contribution in [0.25, 0.3) is 0 Å². The Bertz CT molecular complexity index is 390. The van der Waals surface area contributed by atoms with Crippen molar-refractivity contribution >= 4 is 39.9 Å². The summed E-state index contributed by atoms with van der Waals surface area (Å²) in [6, 6.07) is 0. The number of aromatic nitrogens is 2. The molecule has 1 N–H and O–H groups in total. The number of thioether (sulfide) groups is 1. The lowest BCUT2D eigenvalue weighted by molar-refractivity contribution is 0.842. The van der Waals surface area contributed by atoms with E-state index in [4.69, 9.17) is 12.2 Å². The molecule has 2 nitrogen and oxygen atoms in total. The van der Waals surface area contributed by atoms with Gasteiger partial charge in [0.1, 0.15) is 10.5 Å². The molecule has 0 saturated heterocycles. The summed E-state index contributed by atoms with van der Waals surface area (Å²) in [5, 5.41) is 0. The minimum absolute atomic E-state index is 0.675. The first-order valence-electron chi connectivity index (χ1n) is 5.54. The van der Waals surface area contributed by atoms with Crippen LogP contribution in [0.5, 0.6) is 0 Å². The predicted octanol–water partition coefficient (Wildman–Crippen LogP) is 4.50. The average molecular weight is 321 g/mol. The summed E-state index contributed by atoms with van der Waals surface area (Å²) >= 11 is 10.6. The fourth-order valence-electron chi connectivity index (χ4n) is 1.36. The number of halogens is 1. The SMILES string of the molecule is CCCSCc1nc(=S)c(Br)c(CCC)[nH]1. The molecule has 0 aliphatic carbocycles. The third-order valence-electron chi connectivity index (χ3n) is 2.07. The van der Waals surface area contributed by atoms with E-state index in [0.29, 0.717) is 4.64 Å². The van der Waals surface area contributed by atoms with Gasteiger partial charge >= 0.3 is 0 Å². The molecule has 90 valence electrons. The summed E-state index contributed by atoms with van der Waals surface area (Å²) in [6.07, 6.45) is 3.32. The van der Waals surface area contributed by atoms with Gasteiger partial charge in [-0.25, -0.2) is 4.98 Å². The molecule has 1 rings (SSSR count). The maximum Gasteiger partial charge on any atom is 0.144 e. The van der Waals surface area contributed by atoms with Crippen molar-refractivity contribution in [1.82, 2.24) is 9.97 Å². The molecular weight excluding hydrogens is 304 g/mol. The van der Waals surface area contributed by atoms with Gasteiger partial charge in [0.2, 0.25) is 0 Å². The van der Waals surface area contributed by atoms with Crippen LogP contribution in [0.1, 0.15) is 38.2 Å². The summed E-state index contributed by atoms with van der Waals surface area (Å²) in [6.45, 7) is 4.35. The van der Waals surface area contributed by atoms with Gasteiger partial charge in [-0.3, -0.25) is 0 Å². The zero-order valence-corrected chi connectivity index (χ0v) is 12.9. The maximum absolute atomic E-state index is 5.23. The van der Waals surface area contributed by atoms with Crippen molar-refractivity contribution in [2.24, 2.45) is 0 Å². The first-order chi connectivity index (χ1) is 7.69. The number of hydrogen-bond donors (Lipinski definition) is 1. The number of nitrogens with zero attached hydrogens (tertiary/aromatic N) is 1. The zero-order valence-electron chi connectivity index (χ0n) is 9.68. The van der Waals surface area contributed by atoms with Crippen molar-refractivity contribution in [3.05, 3.63) is 20.6 Å². The second-order valence-electron chi connectivity index (χ2n) is 3.58. The van der Waals surface area contributed by atoms with E-state index in [1.807, 2.05) is 11.8 Å². The summed E-state index contributed by atoms with van der Waals surface area (Å²) in [5.41, 5.74) is 1.18. The van der Waals surface area contributed by atoms with E-state index in [1.54, 1.807) is 0 Å². The van der Waals surface area contributed by atoms with Crippen molar-refractivity contribution in [3.8, 4) is 0 Å². The first kappa shape index (κ1) is 14.2. The molecule has 1 heterocycles. The van der Waals surface area contributed by atoms with Crippen LogP contribution in [-0.4, -0.2) is 15.7 Å². The molecule has 0 aromatic carbocycles. The molecular formula is C11H17BrN2S2. The minimum Gasteiger partial charge on any atom is -0.345 e. The van der Waals surface area contributed by atoms with Crippen LogP contribution in [0, 0.1) is 4.64 Å². The number of nitrogens with one attached hydrogen (secondary N) is 1. The molecule has 0 bridgehead atoms. The van der Waals surface area contributed by atoms with Crippen molar-refractivity contribution in [2.75, 3.05) is 5.75 Å². The predicted molar refractivity (Wildman–Crippen MR) is 77.6 cm³/mol. The third kappa shape index (κ3) is 4.18. The highest BCUT2D eigenvalue weighted by molar-refractivity contribution is 9.10. The monoisotopic (exact) mass is 320 g/mol. The molecule has 1 aromatic heterocycles. The Labute approximate surface area is 115 Å². The number of H-pyrrole nitrogens is 1. The number of hydrogen-bond acceptors (Lipinski definition) is 3. The summed E-state index contributed by atoms with van der Waals surface area (Å²) in [5.74, 6) is 3.08. The van der Waals surface area contributed by atoms with E-state index in [2.05, 4.69) is 39.7 Å². The lowest BCUT2D eigenvalue weighted by Gasteiger charge is -2.07. The fourth-order valence-corrected chi connectivity index (χ4v) is 2.74. The van der Waals surface area contributed by atoms with Gasteiger partial charge in [0, 0.05) is 5.69 Å². The summed E-state index contributed by atoms with van der Waals surface area (Å²) < 4.78 is 1.63. The highest BCUT2D eigenvalue weighted by atomic mass is 79.9. The van der Waals surface area contributed by atoms with Gasteiger partial charge in [-0.2, -0.15) is 11.8 Å². The van der Waals surface area contributed by atoms with Crippen molar-refractivity contribution < 1.29 is 0 Å². The van der Waals surface area contributed by atoms with Crippen LogP contribution < -0.4 is 0 Å². The minimum atomic E-state index is 0.675. The first-order valence-corrected chi connectivity index (χ1v) is 7.89. The van der Waals surface area contributed by atoms with Crippen LogP contribution >= 0.6 is 39.9 Å². The van der Waals surface area contributed by atoms with Gasteiger partial charge in [-0.15, -0.1) is 0 Å². The lowest BCUT2D eigenvalue weighted by Crippen LogP contribution is -2.01. The summed E-state index contributed by atoms with van der Waals surface area (Å²) in [7, 11) is 0. The Morgan fingerprint density at radius 1 is 1.38 bits per heavy atom. The molecule has 1 aromatic rings. The smallest absolute Gasteiger partial charge is 0.144 e. The van der Waals surface area contributed by atoms with Crippen molar-refractivity contribution in [1.29, 1.82) is 0 Å². The highest BCUT2D eigenvalue weighted by Gasteiger charge is 2.05. The van der Waals surface area contributed by atoms with E-state index in [-0.39, 0.29) is 0 Å². The topological polar surface area (TPSA) is 28.7 Å². The Balaban J connectivity index is 2.82. The fraction of sp³-hybridized carbons (Fsp3) is 0.636. The second-order valence-corrected chi connectivity index (χ2v) is 5.87. The number of rotatable bonds is 6. The summed E-state index contributed by atoms with van der Waals surface area (Å²) in [4.78, 5) is 7.75. The van der Waals surface area contributed by atoms with E-state index in [9.17, 15) is 0 Å². The van der Waals surface area contributed by atoms with Gasteiger partial charge in [0.25, 0.3) is 0 Å². The molecule has 0 unspecified atom stereocenters. The van der Waals surface area contributed by atoms with E-state index in [1.165, 1.54) is 17.9 Å². The number of aryl methyl sites for hydroxylation is 1. The normalized spacial score (nSPS) is 10.7. The Kier molecular flexibility index (Phi) is 6.61. The maximum atomic E-state index is 5.23. The molecule has 0 amide bonds. The quantitative estimate of drug-likeness (QED) is 0.618. The molecule has 0 radical (unpaired) electrons. The largest absolute Gasteiger partial charge is 0.345 e. The average Bonchev–Trinajstić information content (AvgIpc) is 2.26. The van der Waals surface area contributed by atoms with Gasteiger partial charge < -0.3 is 4.98 Å². The molecule has 0 spiro atoms. The van der Waals surface area contributed by atoms with Gasteiger partial charge in [0.05, 0.1) is 10.2 Å². The van der Waals surface area contributed by atoms with Gasteiger partial charge in [-0.1, -0.05) is 32.5 Å². The van der Waals surface area contributed by atoms with Gasteiger partial charge in [0.15, 0.2) is 0 Å². The molecule has 0 atom stereocenters. The highest BCUT2D eigenvalue weighted by Crippen LogP contribution is 2.19. The molecule has 0 aliphatic heterocycles. The van der Waals surface area contributed by atoms with Gasteiger partial charge in [-0.05, 0) is 34.5 Å². The lowest BCUT2D eigenvalue weighted by atomic mass is 10.2. The van der Waals surface area contributed by atoms with Crippen molar-refractivity contribution in [3.63, 3.8) is 0 Å². The third-order valence-corrected chi connectivity index (χ3v) is 4.66. The van der Waals surface area contributed by atoms with Crippen LogP contribution in [0.3, 0.4) is 0 Å². The molecule has 0 saturated carbocycles. The Morgan fingerprint density at radius 2 is 2.12 bits per heavy atom. The van der Waals surface area contributed by atoms with Crippen LogP contribution in [0.15, 0.2) is 4.47 Å². The van der Waals surface area contributed by atoms with E-state index >= 15 is 0 Å². The number of aromatic amines is 1. The molecule has 16 heavy (non-hydrogen) atoms. The molecule has 0 fully saturated rings. The van der Waals surface area contributed by atoms with Crippen LogP contribution in [-0.2, 0) is 12.2 Å². The Morgan fingerprint density at radius 3 is 2.75 bits per heavy atom. The Hall–Kier alpha value is 0.130. The standard InChI is InChI=1S/C11H17BrN2S2/c1-3-5-8-10(12)11(15)14-9(13-8)7-16-6-4-2/h3-7H2,1-2H3,(H,13,14,15).